The van der Waals surface area contributed by atoms with E-state index in [2.05, 4.69) is 0 Å². The standard InChI is InChI=1S/C8H13FO/c1-5(2)3-8(10)6-4-7(6)9/h5-7H,3-4H2,1-2H3/t6-,7-/m0/s1. The van der Waals surface area contributed by atoms with Crippen molar-refractivity contribution in [3.8, 4) is 0 Å². The molecule has 0 N–H and O–H groups in total. The zero-order valence-electron chi connectivity index (χ0n) is 6.43. The SMILES string of the molecule is CC(C)CC(=O)[C@H]1C[C@@H]1F. The van der Waals surface area contributed by atoms with Gasteiger partial charge in [0.05, 0.1) is 5.92 Å². The van der Waals surface area contributed by atoms with E-state index < -0.39 is 6.17 Å². The van der Waals surface area contributed by atoms with Crippen molar-refractivity contribution < 1.29 is 9.18 Å². The van der Waals surface area contributed by atoms with Crippen molar-refractivity contribution in [1.82, 2.24) is 0 Å². The lowest BCUT2D eigenvalue weighted by Gasteiger charge is -2.00. The number of rotatable bonds is 3. The molecular weight excluding hydrogens is 131 g/mol. The second-order valence-corrected chi connectivity index (χ2v) is 3.42. The van der Waals surface area contributed by atoms with Gasteiger partial charge in [0.1, 0.15) is 12.0 Å². The summed E-state index contributed by atoms with van der Waals surface area (Å²) in [6.07, 6.45) is 0.211. The molecule has 0 heterocycles. The minimum absolute atomic E-state index is 0.113. The molecule has 1 nitrogen and oxygen atoms in total. The van der Waals surface area contributed by atoms with Gasteiger partial charge in [0.25, 0.3) is 0 Å². The van der Waals surface area contributed by atoms with Crippen LogP contribution in [0.1, 0.15) is 26.7 Å². The van der Waals surface area contributed by atoms with Gasteiger partial charge in [-0.3, -0.25) is 4.79 Å². The van der Waals surface area contributed by atoms with Crippen LogP contribution in [-0.4, -0.2) is 12.0 Å². The molecule has 0 amide bonds. The Balaban J connectivity index is 2.23. The lowest BCUT2D eigenvalue weighted by atomic mass is 10.0. The lowest BCUT2D eigenvalue weighted by Crippen LogP contribution is -2.06. The minimum atomic E-state index is -0.814. The zero-order valence-corrected chi connectivity index (χ0v) is 6.43. The van der Waals surface area contributed by atoms with Gasteiger partial charge >= 0.3 is 0 Å². The maximum Gasteiger partial charge on any atom is 0.139 e. The predicted octanol–water partition coefficient (Wildman–Crippen LogP) is 1.96. The lowest BCUT2D eigenvalue weighted by molar-refractivity contribution is -0.121. The Labute approximate surface area is 60.6 Å². The third-order valence-electron chi connectivity index (χ3n) is 1.74. The molecule has 0 aliphatic heterocycles. The molecule has 0 spiro atoms. The van der Waals surface area contributed by atoms with Gasteiger partial charge in [0, 0.05) is 6.42 Å². The average molecular weight is 144 g/mol. The fraction of sp³-hybridized carbons (Fsp3) is 0.875. The summed E-state index contributed by atoms with van der Waals surface area (Å²) in [6.45, 7) is 3.96. The van der Waals surface area contributed by atoms with E-state index in [4.69, 9.17) is 0 Å². The molecule has 1 aliphatic carbocycles. The van der Waals surface area contributed by atoms with Gasteiger partial charge < -0.3 is 0 Å². The summed E-state index contributed by atoms with van der Waals surface area (Å²) in [4.78, 5) is 11.0. The van der Waals surface area contributed by atoms with Gasteiger partial charge in [-0.2, -0.15) is 0 Å². The van der Waals surface area contributed by atoms with E-state index in [1.54, 1.807) is 0 Å². The van der Waals surface area contributed by atoms with E-state index in [0.29, 0.717) is 18.8 Å². The molecule has 1 saturated carbocycles. The van der Waals surface area contributed by atoms with Gasteiger partial charge in [-0.25, -0.2) is 4.39 Å². The molecule has 0 aromatic heterocycles. The summed E-state index contributed by atoms with van der Waals surface area (Å²) in [5, 5.41) is 0. The molecule has 58 valence electrons. The Bertz CT molecular complexity index is 142. The van der Waals surface area contributed by atoms with Gasteiger partial charge in [-0.1, -0.05) is 13.8 Å². The Kier molecular flexibility index (Phi) is 2.07. The predicted molar refractivity (Wildman–Crippen MR) is 37.5 cm³/mol. The highest BCUT2D eigenvalue weighted by atomic mass is 19.1. The van der Waals surface area contributed by atoms with Crippen LogP contribution in [0, 0.1) is 11.8 Å². The molecule has 0 radical (unpaired) electrons. The topological polar surface area (TPSA) is 17.1 Å². The van der Waals surface area contributed by atoms with E-state index in [1.165, 1.54) is 0 Å². The highest BCUT2D eigenvalue weighted by Crippen LogP contribution is 2.35. The summed E-state index contributed by atoms with van der Waals surface area (Å²) in [5.74, 6) is 0.255. The number of ketones is 1. The van der Waals surface area contributed by atoms with Crippen LogP contribution in [0.2, 0.25) is 0 Å². The van der Waals surface area contributed by atoms with Crippen LogP contribution < -0.4 is 0 Å². The first kappa shape index (κ1) is 7.70. The molecule has 2 atom stereocenters. The normalized spacial score (nSPS) is 30.8. The molecule has 0 saturated heterocycles. The Morgan fingerprint density at radius 2 is 2.20 bits per heavy atom. The van der Waals surface area contributed by atoms with E-state index in [9.17, 15) is 9.18 Å². The molecule has 10 heavy (non-hydrogen) atoms. The molecule has 0 aromatic carbocycles. The van der Waals surface area contributed by atoms with Crippen molar-refractivity contribution in [3.05, 3.63) is 0 Å². The van der Waals surface area contributed by atoms with Crippen LogP contribution >= 0.6 is 0 Å². The third-order valence-corrected chi connectivity index (χ3v) is 1.74. The van der Waals surface area contributed by atoms with Crippen molar-refractivity contribution in [2.45, 2.75) is 32.9 Å². The van der Waals surface area contributed by atoms with Crippen LogP contribution in [0.25, 0.3) is 0 Å². The number of carbonyl (C=O) groups excluding carboxylic acids is 1. The number of alkyl halides is 1. The second-order valence-electron chi connectivity index (χ2n) is 3.42. The van der Waals surface area contributed by atoms with E-state index in [0.717, 1.165) is 0 Å². The zero-order chi connectivity index (χ0) is 7.72. The molecule has 2 heteroatoms. The fourth-order valence-electron chi connectivity index (χ4n) is 1.05. The fourth-order valence-corrected chi connectivity index (χ4v) is 1.05. The number of halogens is 1. The van der Waals surface area contributed by atoms with Crippen molar-refractivity contribution in [1.29, 1.82) is 0 Å². The quantitative estimate of drug-likeness (QED) is 0.591. The van der Waals surface area contributed by atoms with Crippen LogP contribution in [0.5, 0.6) is 0 Å². The first-order valence-electron chi connectivity index (χ1n) is 3.78. The molecule has 1 aliphatic rings. The summed E-state index contributed by atoms with van der Waals surface area (Å²) in [6, 6.07) is 0. The molecule has 0 unspecified atom stereocenters. The molecular formula is C8H13FO. The second kappa shape index (κ2) is 2.69. The van der Waals surface area contributed by atoms with Gasteiger partial charge in [-0.15, -0.1) is 0 Å². The van der Waals surface area contributed by atoms with Crippen molar-refractivity contribution >= 4 is 5.78 Å². The maximum absolute atomic E-state index is 12.3. The highest BCUT2D eigenvalue weighted by molar-refractivity contribution is 5.84. The largest absolute Gasteiger partial charge is 0.299 e. The monoisotopic (exact) mass is 144 g/mol. The highest BCUT2D eigenvalue weighted by Gasteiger charge is 2.42. The minimum Gasteiger partial charge on any atom is -0.299 e. The number of carbonyl (C=O) groups is 1. The Hall–Kier alpha value is -0.400. The van der Waals surface area contributed by atoms with Gasteiger partial charge in [0.2, 0.25) is 0 Å². The summed E-state index contributed by atoms with van der Waals surface area (Å²) in [5.41, 5.74) is 0. The van der Waals surface area contributed by atoms with Gasteiger partial charge in [-0.05, 0) is 12.3 Å². The Morgan fingerprint density at radius 1 is 1.70 bits per heavy atom. The van der Waals surface area contributed by atoms with E-state index >= 15 is 0 Å². The summed E-state index contributed by atoms with van der Waals surface area (Å²) >= 11 is 0. The molecule has 1 fully saturated rings. The van der Waals surface area contributed by atoms with Crippen molar-refractivity contribution in [3.63, 3.8) is 0 Å². The summed E-state index contributed by atoms with van der Waals surface area (Å²) < 4.78 is 12.3. The van der Waals surface area contributed by atoms with Crippen molar-refractivity contribution in [2.75, 3.05) is 0 Å². The number of Topliss-reactive ketones (excluding diaryl/α,β-unsaturated/α-hetero) is 1. The van der Waals surface area contributed by atoms with Crippen LogP contribution in [-0.2, 0) is 4.79 Å². The van der Waals surface area contributed by atoms with E-state index in [-0.39, 0.29) is 11.7 Å². The van der Waals surface area contributed by atoms with Crippen LogP contribution in [0.15, 0.2) is 0 Å². The first-order valence-corrected chi connectivity index (χ1v) is 3.78. The third kappa shape index (κ3) is 1.79. The average Bonchev–Trinajstić information content (AvgIpc) is 2.44. The summed E-state index contributed by atoms with van der Waals surface area (Å²) in [7, 11) is 0. The Morgan fingerprint density at radius 3 is 2.50 bits per heavy atom. The van der Waals surface area contributed by atoms with Crippen molar-refractivity contribution in [2.24, 2.45) is 11.8 Å². The van der Waals surface area contributed by atoms with Crippen LogP contribution in [0.4, 0.5) is 4.39 Å². The van der Waals surface area contributed by atoms with Gasteiger partial charge in [0.15, 0.2) is 0 Å². The molecule has 1 rings (SSSR count). The van der Waals surface area contributed by atoms with E-state index in [1.807, 2.05) is 13.8 Å². The number of hydrogen-bond donors (Lipinski definition) is 0. The number of hydrogen-bond acceptors (Lipinski definition) is 1. The smallest absolute Gasteiger partial charge is 0.139 e. The van der Waals surface area contributed by atoms with Crippen LogP contribution in [0.3, 0.4) is 0 Å². The molecule has 0 bridgehead atoms. The first-order chi connectivity index (χ1) is 4.61. The maximum atomic E-state index is 12.3. The molecule has 0 aromatic rings.